The second-order valence-electron chi connectivity index (χ2n) is 8.09. The maximum absolute atomic E-state index is 10.9. The second kappa shape index (κ2) is 9.91. The Morgan fingerprint density at radius 3 is 2.43 bits per heavy atom. The summed E-state index contributed by atoms with van der Waals surface area (Å²) in [5.41, 5.74) is 8.65. The number of allylic oxidation sites excluding steroid dienone is 1. The number of H-pyrrole nitrogens is 1. The van der Waals surface area contributed by atoms with Crippen LogP contribution in [0.1, 0.15) is 35.6 Å². The lowest BCUT2D eigenvalue weighted by Gasteiger charge is -2.17. The number of carboxylic acids is 1. The van der Waals surface area contributed by atoms with Crippen LogP contribution < -0.4 is 0 Å². The number of hydrogen-bond acceptors (Lipinski definition) is 4. The lowest BCUT2D eigenvalue weighted by molar-refractivity contribution is -0.131. The number of aromatic nitrogens is 3. The molecular formula is C29H23N3O2S. The third-order valence-electron chi connectivity index (χ3n) is 5.91. The quantitative estimate of drug-likeness (QED) is 0.193. The first-order chi connectivity index (χ1) is 17.1. The van der Waals surface area contributed by atoms with Crippen LogP contribution in [0.3, 0.4) is 0 Å². The minimum Gasteiger partial charge on any atom is -0.478 e. The first-order valence-electron chi connectivity index (χ1n) is 11.3. The van der Waals surface area contributed by atoms with Gasteiger partial charge in [-0.15, -0.1) is 11.3 Å². The van der Waals surface area contributed by atoms with E-state index >= 15 is 0 Å². The molecule has 0 aliphatic heterocycles. The maximum Gasteiger partial charge on any atom is 0.328 e. The van der Waals surface area contributed by atoms with E-state index < -0.39 is 5.97 Å². The van der Waals surface area contributed by atoms with Crippen molar-refractivity contribution in [1.82, 2.24) is 15.2 Å². The van der Waals surface area contributed by atoms with Crippen molar-refractivity contribution in [3.8, 4) is 10.6 Å². The SMILES string of the molecule is CC/C(=C(/c1ccc(/C=C/C(=O)O)cc1)c1ccc2[nH]ncc2c1)c1ccc(-c2nccs2)cc1. The summed E-state index contributed by atoms with van der Waals surface area (Å²) in [4.78, 5) is 15.3. The van der Waals surface area contributed by atoms with E-state index in [1.54, 1.807) is 17.4 Å². The number of thiazole rings is 1. The molecule has 2 aromatic heterocycles. The van der Waals surface area contributed by atoms with E-state index in [9.17, 15) is 4.79 Å². The van der Waals surface area contributed by atoms with Gasteiger partial charge in [0.2, 0.25) is 0 Å². The fourth-order valence-corrected chi connectivity index (χ4v) is 4.89. The molecule has 5 rings (SSSR count). The van der Waals surface area contributed by atoms with Crippen LogP contribution in [0.4, 0.5) is 0 Å². The highest BCUT2D eigenvalue weighted by atomic mass is 32.1. The molecule has 0 bridgehead atoms. The number of nitrogens with one attached hydrogen (secondary N) is 1. The van der Waals surface area contributed by atoms with Crippen LogP contribution in [0.5, 0.6) is 0 Å². The highest BCUT2D eigenvalue weighted by molar-refractivity contribution is 7.13. The highest BCUT2D eigenvalue weighted by Crippen LogP contribution is 2.36. The van der Waals surface area contributed by atoms with E-state index in [0.29, 0.717) is 0 Å². The van der Waals surface area contributed by atoms with Crippen LogP contribution in [0.2, 0.25) is 0 Å². The van der Waals surface area contributed by atoms with Crippen molar-refractivity contribution in [2.75, 3.05) is 0 Å². The van der Waals surface area contributed by atoms with E-state index in [0.717, 1.165) is 61.8 Å². The smallest absolute Gasteiger partial charge is 0.328 e. The average molecular weight is 478 g/mol. The van der Waals surface area contributed by atoms with Crippen LogP contribution in [0, 0.1) is 0 Å². The number of carboxylic acid groups (broad SMARTS) is 1. The predicted molar refractivity (Wildman–Crippen MR) is 143 cm³/mol. The molecule has 0 unspecified atom stereocenters. The molecule has 6 heteroatoms. The zero-order chi connectivity index (χ0) is 24.2. The molecule has 5 aromatic rings. The van der Waals surface area contributed by atoms with Crippen LogP contribution >= 0.6 is 11.3 Å². The third kappa shape index (κ3) is 4.83. The molecule has 3 aromatic carbocycles. The van der Waals surface area contributed by atoms with Gasteiger partial charge in [-0.05, 0) is 58.0 Å². The van der Waals surface area contributed by atoms with Gasteiger partial charge in [0.1, 0.15) is 5.01 Å². The molecular weight excluding hydrogens is 454 g/mol. The van der Waals surface area contributed by atoms with Gasteiger partial charge in [-0.25, -0.2) is 9.78 Å². The highest BCUT2D eigenvalue weighted by Gasteiger charge is 2.14. The third-order valence-corrected chi connectivity index (χ3v) is 6.74. The number of nitrogens with zero attached hydrogens (tertiary/aromatic N) is 2. The van der Waals surface area contributed by atoms with E-state index in [1.165, 1.54) is 5.57 Å². The van der Waals surface area contributed by atoms with Crippen LogP contribution in [-0.2, 0) is 4.79 Å². The van der Waals surface area contributed by atoms with E-state index in [1.807, 2.05) is 29.9 Å². The molecule has 0 saturated heterocycles. The van der Waals surface area contributed by atoms with Crippen molar-refractivity contribution in [3.05, 3.63) is 113 Å². The van der Waals surface area contributed by atoms with E-state index in [4.69, 9.17) is 5.11 Å². The maximum atomic E-state index is 10.9. The lowest BCUT2D eigenvalue weighted by atomic mass is 9.87. The lowest BCUT2D eigenvalue weighted by Crippen LogP contribution is -1.96. The Kier molecular flexibility index (Phi) is 6.37. The fraction of sp³-hybridized carbons (Fsp3) is 0.0690. The van der Waals surface area contributed by atoms with Gasteiger partial charge in [0.25, 0.3) is 0 Å². The molecule has 35 heavy (non-hydrogen) atoms. The van der Waals surface area contributed by atoms with Crippen molar-refractivity contribution in [1.29, 1.82) is 0 Å². The first-order valence-corrected chi connectivity index (χ1v) is 12.2. The first kappa shape index (κ1) is 22.5. The Morgan fingerprint density at radius 1 is 1.00 bits per heavy atom. The van der Waals surface area contributed by atoms with Crippen LogP contribution in [0.25, 0.3) is 38.7 Å². The summed E-state index contributed by atoms with van der Waals surface area (Å²) in [5, 5.41) is 20.2. The summed E-state index contributed by atoms with van der Waals surface area (Å²) >= 11 is 1.63. The number of aliphatic carboxylic acids is 1. The Hall–Kier alpha value is -4.29. The fourth-order valence-electron chi connectivity index (χ4n) is 4.25. The van der Waals surface area contributed by atoms with Crippen molar-refractivity contribution in [3.63, 3.8) is 0 Å². The monoisotopic (exact) mass is 477 g/mol. The molecule has 0 amide bonds. The zero-order valence-electron chi connectivity index (χ0n) is 19.1. The van der Waals surface area contributed by atoms with Gasteiger partial charge in [0, 0.05) is 28.6 Å². The molecule has 2 N–H and O–H groups in total. The molecule has 172 valence electrons. The van der Waals surface area contributed by atoms with E-state index in [-0.39, 0.29) is 0 Å². The predicted octanol–water partition coefficient (Wildman–Crippen LogP) is 7.15. The van der Waals surface area contributed by atoms with Gasteiger partial charge in [-0.3, -0.25) is 5.10 Å². The van der Waals surface area contributed by atoms with Gasteiger partial charge < -0.3 is 5.11 Å². The molecule has 2 heterocycles. The van der Waals surface area contributed by atoms with Crippen molar-refractivity contribution >= 4 is 45.4 Å². The van der Waals surface area contributed by atoms with Gasteiger partial charge in [0.05, 0.1) is 11.7 Å². The van der Waals surface area contributed by atoms with Gasteiger partial charge in [0.15, 0.2) is 0 Å². The topological polar surface area (TPSA) is 78.9 Å². The summed E-state index contributed by atoms with van der Waals surface area (Å²) < 4.78 is 0. The Morgan fingerprint density at radius 2 is 1.74 bits per heavy atom. The Bertz CT molecular complexity index is 1530. The molecule has 0 atom stereocenters. The standard InChI is InChI=1S/C29H23N3O2S/c1-2-25(20-8-10-22(11-9-20)29-30-15-16-35-29)28(23-12-13-26-24(17-23)18-31-32-26)21-6-3-19(4-7-21)5-14-27(33)34/h3-18H,2H2,1H3,(H,31,32)(H,33,34)/b14-5+,28-25+. The summed E-state index contributed by atoms with van der Waals surface area (Å²) in [6.45, 7) is 2.17. The van der Waals surface area contributed by atoms with Gasteiger partial charge in [-0.1, -0.05) is 61.5 Å². The molecule has 5 nitrogen and oxygen atoms in total. The minimum absolute atomic E-state index is 0.839. The largest absolute Gasteiger partial charge is 0.478 e. The van der Waals surface area contributed by atoms with Crippen LogP contribution in [0.15, 0.2) is 90.6 Å². The molecule has 0 radical (unpaired) electrons. The number of hydrogen-bond donors (Lipinski definition) is 2. The number of aromatic amines is 1. The summed E-state index contributed by atoms with van der Waals surface area (Å²) in [5.74, 6) is -0.961. The number of fused-ring (bicyclic) bond motifs is 1. The second-order valence-corrected chi connectivity index (χ2v) is 8.98. The number of carbonyl (C=O) groups is 1. The normalized spacial score (nSPS) is 12.3. The molecule has 0 spiro atoms. The number of rotatable bonds is 7. The van der Waals surface area contributed by atoms with Crippen molar-refractivity contribution in [2.24, 2.45) is 0 Å². The summed E-state index contributed by atoms with van der Waals surface area (Å²) in [6.07, 6.45) is 7.26. The van der Waals surface area contributed by atoms with Crippen molar-refractivity contribution in [2.45, 2.75) is 13.3 Å². The van der Waals surface area contributed by atoms with Crippen molar-refractivity contribution < 1.29 is 9.90 Å². The molecule has 0 aliphatic rings. The average Bonchev–Trinajstić information content (AvgIpc) is 3.59. The van der Waals surface area contributed by atoms with Gasteiger partial charge >= 0.3 is 5.97 Å². The van der Waals surface area contributed by atoms with E-state index in [2.05, 4.69) is 76.7 Å². The minimum atomic E-state index is -0.961. The van der Waals surface area contributed by atoms with Gasteiger partial charge in [-0.2, -0.15) is 5.10 Å². The Labute approximate surface area is 207 Å². The Balaban J connectivity index is 1.64. The van der Waals surface area contributed by atoms with Crippen LogP contribution in [-0.4, -0.2) is 26.3 Å². The molecule has 0 fully saturated rings. The number of benzene rings is 3. The summed E-state index contributed by atoms with van der Waals surface area (Å²) in [6, 6.07) is 22.9. The molecule has 0 aliphatic carbocycles. The summed E-state index contributed by atoms with van der Waals surface area (Å²) in [7, 11) is 0. The zero-order valence-corrected chi connectivity index (χ0v) is 19.9. The molecule has 0 saturated carbocycles.